The molecular weight excluding hydrogens is 385 g/mol. The predicted molar refractivity (Wildman–Crippen MR) is 83.8 cm³/mol. The van der Waals surface area contributed by atoms with E-state index in [4.69, 9.17) is 0 Å². The summed E-state index contributed by atoms with van der Waals surface area (Å²) in [5, 5.41) is 11.7. The lowest BCUT2D eigenvalue weighted by Gasteiger charge is -2.14. The maximum Gasteiger partial charge on any atom is 0.326 e. The lowest BCUT2D eigenvalue weighted by atomic mass is 10.1. The first-order chi connectivity index (χ1) is 10.1. The Morgan fingerprint density at radius 1 is 1.19 bits per heavy atom. The van der Waals surface area contributed by atoms with E-state index in [1.54, 1.807) is 0 Å². The van der Waals surface area contributed by atoms with E-state index in [1.165, 1.54) is 18.7 Å². The van der Waals surface area contributed by atoms with Crippen LogP contribution in [0.5, 0.6) is 0 Å². The standard InChI is InChI=1S/C14H12IN3O3/c15-11-3-1-9(2-4-11)5-12(14(20)21)18-13(19)10-6-16-8-17-7-10/h1-4,6-8,12H,5H2,(H,18,19)(H,20,21)/t12-/m0/s1. The zero-order chi connectivity index (χ0) is 15.2. The monoisotopic (exact) mass is 397 g/mol. The van der Waals surface area contributed by atoms with Crippen molar-refractivity contribution in [3.8, 4) is 0 Å². The van der Waals surface area contributed by atoms with Crippen LogP contribution in [-0.2, 0) is 11.2 Å². The molecule has 1 amide bonds. The summed E-state index contributed by atoms with van der Waals surface area (Å²) >= 11 is 2.17. The Kier molecular flexibility index (Phi) is 5.20. The van der Waals surface area contributed by atoms with E-state index >= 15 is 0 Å². The Hall–Kier alpha value is -2.03. The fourth-order valence-electron chi connectivity index (χ4n) is 1.71. The number of halogens is 1. The summed E-state index contributed by atoms with van der Waals surface area (Å²) in [7, 11) is 0. The van der Waals surface area contributed by atoms with E-state index in [-0.39, 0.29) is 12.0 Å². The summed E-state index contributed by atoms with van der Waals surface area (Å²) in [6, 6.07) is 6.46. The number of nitrogens with one attached hydrogen (secondary N) is 1. The third kappa shape index (κ3) is 4.48. The zero-order valence-corrected chi connectivity index (χ0v) is 13.0. The van der Waals surface area contributed by atoms with Crippen molar-refractivity contribution in [3.63, 3.8) is 0 Å². The summed E-state index contributed by atoms with van der Waals surface area (Å²) in [5.41, 5.74) is 1.07. The van der Waals surface area contributed by atoms with Crippen molar-refractivity contribution >= 4 is 34.5 Å². The molecule has 0 aliphatic rings. The van der Waals surface area contributed by atoms with Crippen molar-refractivity contribution in [3.05, 3.63) is 57.7 Å². The van der Waals surface area contributed by atoms with E-state index in [0.29, 0.717) is 0 Å². The van der Waals surface area contributed by atoms with E-state index in [0.717, 1.165) is 9.13 Å². The molecule has 0 bridgehead atoms. The van der Waals surface area contributed by atoms with Gasteiger partial charge in [0.05, 0.1) is 5.56 Å². The van der Waals surface area contributed by atoms with Crippen LogP contribution in [0.25, 0.3) is 0 Å². The van der Waals surface area contributed by atoms with Gasteiger partial charge in [-0.05, 0) is 40.3 Å². The summed E-state index contributed by atoms with van der Waals surface area (Å²) in [6.45, 7) is 0. The second kappa shape index (κ2) is 7.11. The van der Waals surface area contributed by atoms with Gasteiger partial charge >= 0.3 is 5.97 Å². The molecule has 0 aliphatic carbocycles. The minimum absolute atomic E-state index is 0.214. The summed E-state index contributed by atoms with van der Waals surface area (Å²) in [4.78, 5) is 30.7. The SMILES string of the molecule is O=C(N[C@@H](Cc1ccc(I)cc1)C(=O)O)c1cncnc1. The summed E-state index contributed by atoms with van der Waals surface area (Å²) in [5.74, 6) is -1.59. The molecule has 7 heteroatoms. The number of benzene rings is 1. The fraction of sp³-hybridized carbons (Fsp3) is 0.143. The van der Waals surface area contributed by atoms with Gasteiger partial charge in [0.25, 0.3) is 5.91 Å². The second-order valence-corrected chi connectivity index (χ2v) is 5.57. The van der Waals surface area contributed by atoms with Gasteiger partial charge in [-0.2, -0.15) is 0 Å². The number of carbonyl (C=O) groups is 2. The normalized spacial score (nSPS) is 11.7. The third-order valence-corrected chi connectivity index (χ3v) is 3.50. The fourth-order valence-corrected chi connectivity index (χ4v) is 2.07. The summed E-state index contributed by atoms with van der Waals surface area (Å²) < 4.78 is 1.06. The number of aromatic nitrogens is 2. The van der Waals surface area contributed by atoms with E-state index in [2.05, 4.69) is 37.9 Å². The summed E-state index contributed by atoms with van der Waals surface area (Å²) in [6.07, 6.45) is 4.20. The lowest BCUT2D eigenvalue weighted by molar-refractivity contribution is -0.139. The molecule has 2 N–H and O–H groups in total. The van der Waals surface area contributed by atoms with Crippen LogP contribution in [0.4, 0.5) is 0 Å². The lowest BCUT2D eigenvalue weighted by Crippen LogP contribution is -2.42. The van der Waals surface area contributed by atoms with Crippen LogP contribution in [0.3, 0.4) is 0 Å². The first kappa shape index (κ1) is 15.4. The Morgan fingerprint density at radius 2 is 1.81 bits per heavy atom. The van der Waals surface area contributed by atoms with Crippen LogP contribution in [0.2, 0.25) is 0 Å². The van der Waals surface area contributed by atoms with Crippen molar-refractivity contribution in [1.82, 2.24) is 15.3 Å². The molecule has 0 aliphatic heterocycles. The highest BCUT2D eigenvalue weighted by atomic mass is 127. The number of nitrogens with zero attached hydrogens (tertiary/aromatic N) is 2. The van der Waals surface area contributed by atoms with Gasteiger partial charge in [0.15, 0.2) is 0 Å². The Labute approximate surface area is 134 Å². The number of hydrogen-bond donors (Lipinski definition) is 2. The van der Waals surface area contributed by atoms with Crippen molar-refractivity contribution in [2.75, 3.05) is 0 Å². The molecule has 0 fully saturated rings. The number of amides is 1. The molecule has 0 saturated carbocycles. The molecule has 0 spiro atoms. The molecule has 108 valence electrons. The largest absolute Gasteiger partial charge is 0.480 e. The van der Waals surface area contributed by atoms with Crippen molar-refractivity contribution in [2.24, 2.45) is 0 Å². The Bertz CT molecular complexity index is 632. The van der Waals surface area contributed by atoms with Gasteiger partial charge in [0, 0.05) is 22.4 Å². The smallest absolute Gasteiger partial charge is 0.326 e. The third-order valence-electron chi connectivity index (χ3n) is 2.78. The van der Waals surface area contributed by atoms with E-state index in [9.17, 15) is 14.7 Å². The highest BCUT2D eigenvalue weighted by Crippen LogP contribution is 2.09. The number of carbonyl (C=O) groups excluding carboxylic acids is 1. The molecule has 1 heterocycles. The first-order valence-electron chi connectivity index (χ1n) is 6.09. The highest BCUT2D eigenvalue weighted by Gasteiger charge is 2.21. The van der Waals surface area contributed by atoms with E-state index < -0.39 is 17.9 Å². The number of hydrogen-bond acceptors (Lipinski definition) is 4. The van der Waals surface area contributed by atoms with Crippen molar-refractivity contribution in [2.45, 2.75) is 12.5 Å². The molecule has 0 radical (unpaired) electrons. The van der Waals surface area contributed by atoms with Crippen molar-refractivity contribution in [1.29, 1.82) is 0 Å². The molecule has 0 unspecified atom stereocenters. The van der Waals surface area contributed by atoms with Gasteiger partial charge in [0.2, 0.25) is 0 Å². The zero-order valence-electron chi connectivity index (χ0n) is 10.9. The van der Waals surface area contributed by atoms with Crippen molar-refractivity contribution < 1.29 is 14.7 Å². The van der Waals surface area contributed by atoms with Gasteiger partial charge < -0.3 is 10.4 Å². The number of carboxylic acids is 1. The molecular formula is C14H12IN3O3. The highest BCUT2D eigenvalue weighted by molar-refractivity contribution is 14.1. The number of carboxylic acid groups (broad SMARTS) is 1. The number of aliphatic carboxylic acids is 1. The van der Waals surface area contributed by atoms with Gasteiger partial charge in [-0.3, -0.25) is 4.79 Å². The van der Waals surface area contributed by atoms with Gasteiger partial charge in [-0.1, -0.05) is 12.1 Å². The molecule has 2 rings (SSSR count). The predicted octanol–water partition coefficient (Wildman–Crippen LogP) is 1.51. The van der Waals surface area contributed by atoms with Crippen LogP contribution in [0, 0.1) is 3.57 Å². The second-order valence-electron chi connectivity index (χ2n) is 4.32. The molecule has 21 heavy (non-hydrogen) atoms. The average molecular weight is 397 g/mol. The Balaban J connectivity index is 2.07. The van der Waals surface area contributed by atoms with Crippen LogP contribution in [-0.4, -0.2) is 33.0 Å². The molecule has 0 saturated heterocycles. The average Bonchev–Trinajstić information content (AvgIpc) is 2.49. The van der Waals surface area contributed by atoms with Gasteiger partial charge in [0.1, 0.15) is 12.4 Å². The number of rotatable bonds is 5. The van der Waals surface area contributed by atoms with Crippen LogP contribution in [0.15, 0.2) is 43.0 Å². The van der Waals surface area contributed by atoms with E-state index in [1.807, 2.05) is 24.3 Å². The maximum atomic E-state index is 11.9. The molecule has 1 aromatic carbocycles. The maximum absolute atomic E-state index is 11.9. The molecule has 6 nitrogen and oxygen atoms in total. The van der Waals surface area contributed by atoms with Crippen LogP contribution < -0.4 is 5.32 Å². The first-order valence-corrected chi connectivity index (χ1v) is 7.17. The van der Waals surface area contributed by atoms with Crippen LogP contribution >= 0.6 is 22.6 Å². The minimum Gasteiger partial charge on any atom is -0.480 e. The molecule has 2 aromatic rings. The van der Waals surface area contributed by atoms with Crippen LogP contribution in [0.1, 0.15) is 15.9 Å². The van der Waals surface area contributed by atoms with Gasteiger partial charge in [-0.25, -0.2) is 14.8 Å². The van der Waals surface area contributed by atoms with Gasteiger partial charge in [-0.15, -0.1) is 0 Å². The molecule has 1 atom stereocenters. The minimum atomic E-state index is -1.08. The quantitative estimate of drug-likeness (QED) is 0.747. The topological polar surface area (TPSA) is 92.2 Å². The Morgan fingerprint density at radius 3 is 2.38 bits per heavy atom. The molecule has 1 aromatic heterocycles.